The van der Waals surface area contributed by atoms with Crippen molar-refractivity contribution in [2.24, 2.45) is 12.8 Å². The largest absolute Gasteiger partial charge is 0.459 e. The normalized spacial score (nSPS) is 15.6. The summed E-state index contributed by atoms with van der Waals surface area (Å²) < 4.78 is 108. The van der Waals surface area contributed by atoms with Crippen LogP contribution in [-0.2, 0) is 19.1 Å². The zero-order chi connectivity index (χ0) is 27.7. The van der Waals surface area contributed by atoms with Gasteiger partial charge in [0.25, 0.3) is 5.91 Å². The molecule has 1 aliphatic rings. The fraction of sp³-hybridized carbons (Fsp3) is 0.368. The molecule has 0 unspecified atom stereocenters. The number of thiophene rings is 1. The van der Waals surface area contributed by atoms with Crippen molar-refractivity contribution < 1.29 is 39.9 Å². The summed E-state index contributed by atoms with van der Waals surface area (Å²) in [4.78, 5) is 13.0. The summed E-state index contributed by atoms with van der Waals surface area (Å²) in [5, 5.41) is 9.21. The van der Waals surface area contributed by atoms with Crippen LogP contribution in [0.3, 0.4) is 0 Å². The number of thiocarbonyl (C=S) groups is 1. The van der Waals surface area contributed by atoms with Crippen molar-refractivity contribution in [1.82, 2.24) is 24.9 Å². The van der Waals surface area contributed by atoms with Crippen molar-refractivity contribution in [3.63, 3.8) is 0 Å². The number of amides is 1. The maximum Gasteiger partial charge on any atom is 0.459 e. The summed E-state index contributed by atoms with van der Waals surface area (Å²) in [6.07, 6.45) is -8.92. The molecule has 0 radical (unpaired) electrons. The molecular formula is C19H13ClF8N6OS2. The number of nitrogens with one attached hydrogen (secondary N) is 1. The molecule has 0 atom stereocenters. The van der Waals surface area contributed by atoms with E-state index in [-0.39, 0.29) is 30.0 Å². The summed E-state index contributed by atoms with van der Waals surface area (Å²) in [6, 6.07) is 1.32. The minimum atomic E-state index is -6.33. The van der Waals surface area contributed by atoms with E-state index >= 15 is 0 Å². The van der Waals surface area contributed by atoms with E-state index < -0.39 is 46.8 Å². The number of rotatable bonds is 6. The first kappa shape index (κ1) is 27.3. The molecule has 200 valence electrons. The molecule has 37 heavy (non-hydrogen) atoms. The molecule has 1 fully saturated rings. The second-order valence-electron chi connectivity index (χ2n) is 8.11. The Bertz CT molecular complexity index is 1400. The number of nitrogens with two attached hydrogens (primary N) is 1. The van der Waals surface area contributed by atoms with Crippen LogP contribution in [0, 0.1) is 0 Å². The van der Waals surface area contributed by atoms with Crippen molar-refractivity contribution in [3.8, 4) is 16.3 Å². The molecule has 1 aliphatic carbocycles. The molecule has 1 amide bonds. The predicted molar refractivity (Wildman–Crippen MR) is 120 cm³/mol. The topological polar surface area (TPSA) is 90.8 Å². The second-order valence-corrected chi connectivity index (χ2v) is 10.2. The molecule has 0 aromatic carbocycles. The molecule has 0 spiro atoms. The first-order valence-electron chi connectivity index (χ1n) is 9.95. The van der Waals surface area contributed by atoms with Gasteiger partial charge in [-0.15, -0.1) is 11.3 Å². The van der Waals surface area contributed by atoms with Crippen LogP contribution < -0.4 is 11.1 Å². The zero-order valence-electron chi connectivity index (χ0n) is 18.1. The van der Waals surface area contributed by atoms with Gasteiger partial charge in [0.2, 0.25) is 0 Å². The van der Waals surface area contributed by atoms with Crippen molar-refractivity contribution in [2.75, 3.05) is 0 Å². The van der Waals surface area contributed by atoms with E-state index in [0.717, 1.165) is 30.8 Å². The fourth-order valence-corrected chi connectivity index (χ4v) is 4.97. The van der Waals surface area contributed by atoms with Crippen LogP contribution in [0.2, 0.25) is 4.34 Å². The van der Waals surface area contributed by atoms with E-state index in [1.165, 1.54) is 6.07 Å². The second kappa shape index (κ2) is 8.62. The Morgan fingerprint density at radius 3 is 2.35 bits per heavy atom. The summed E-state index contributed by atoms with van der Waals surface area (Å²) in [5.74, 6) is -7.67. The van der Waals surface area contributed by atoms with Crippen LogP contribution >= 0.6 is 35.2 Å². The molecule has 0 saturated heterocycles. The third-order valence-corrected chi connectivity index (χ3v) is 7.34. The Balaban J connectivity index is 1.73. The maximum absolute atomic E-state index is 13.9. The predicted octanol–water partition coefficient (Wildman–Crippen LogP) is 5.21. The Morgan fingerprint density at radius 1 is 1.22 bits per heavy atom. The molecule has 3 N–H and O–H groups in total. The Morgan fingerprint density at radius 2 is 1.84 bits per heavy atom. The van der Waals surface area contributed by atoms with Gasteiger partial charge in [-0.05, 0) is 18.9 Å². The first-order valence-corrected chi connectivity index (χ1v) is 11.6. The van der Waals surface area contributed by atoms with Gasteiger partial charge in [-0.3, -0.25) is 4.79 Å². The highest BCUT2D eigenvalue weighted by molar-refractivity contribution is 7.80. The number of carbonyl (C=O) groups is 1. The van der Waals surface area contributed by atoms with E-state index in [0.29, 0.717) is 17.5 Å². The smallest absolute Gasteiger partial charge is 0.391 e. The Kier molecular flexibility index (Phi) is 6.35. The van der Waals surface area contributed by atoms with E-state index in [4.69, 9.17) is 29.6 Å². The average Bonchev–Trinajstić information content (AvgIpc) is 3.09. The van der Waals surface area contributed by atoms with Gasteiger partial charge in [0.15, 0.2) is 11.5 Å². The Labute approximate surface area is 216 Å². The zero-order valence-corrected chi connectivity index (χ0v) is 20.5. The van der Waals surface area contributed by atoms with Gasteiger partial charge in [-0.2, -0.15) is 45.3 Å². The molecule has 3 aromatic heterocycles. The lowest BCUT2D eigenvalue weighted by Gasteiger charge is -2.19. The molecule has 4 rings (SSSR count). The number of alkyl halides is 8. The van der Waals surface area contributed by atoms with Crippen LogP contribution in [-0.4, -0.2) is 42.2 Å². The molecule has 1 saturated carbocycles. The van der Waals surface area contributed by atoms with Gasteiger partial charge < -0.3 is 11.1 Å². The van der Waals surface area contributed by atoms with Crippen LogP contribution in [0.5, 0.6) is 0 Å². The van der Waals surface area contributed by atoms with Crippen LogP contribution in [0.1, 0.15) is 34.5 Å². The van der Waals surface area contributed by atoms with Crippen molar-refractivity contribution >= 4 is 46.1 Å². The molecular weight excluding hydrogens is 580 g/mol. The van der Waals surface area contributed by atoms with Crippen LogP contribution in [0.25, 0.3) is 16.3 Å². The van der Waals surface area contributed by atoms with Gasteiger partial charge in [0.05, 0.1) is 22.3 Å². The van der Waals surface area contributed by atoms with Crippen molar-refractivity contribution in [3.05, 3.63) is 39.6 Å². The highest BCUT2D eigenvalue weighted by atomic mass is 35.5. The van der Waals surface area contributed by atoms with Gasteiger partial charge in [-0.25, -0.2) is 9.36 Å². The summed E-state index contributed by atoms with van der Waals surface area (Å²) in [7, 11) is 0.766. The van der Waals surface area contributed by atoms with Crippen molar-refractivity contribution in [1.29, 1.82) is 0 Å². The lowest BCUT2D eigenvalue weighted by Crippen LogP contribution is -2.45. The highest BCUT2D eigenvalue weighted by Gasteiger charge is 2.64. The summed E-state index contributed by atoms with van der Waals surface area (Å²) >= 11 is 12.0. The molecule has 3 heterocycles. The molecule has 18 heteroatoms. The van der Waals surface area contributed by atoms with Gasteiger partial charge in [0.1, 0.15) is 9.90 Å². The number of halogens is 9. The van der Waals surface area contributed by atoms with E-state index in [1.807, 2.05) is 0 Å². The van der Waals surface area contributed by atoms with Gasteiger partial charge >= 0.3 is 18.3 Å². The standard InChI is InChI=1S/C19H13ClF8N6OS2/c1-33-14(10(18(23,24)25)11(32-33)17(21,22)19(26,27)28)34-6-7(5-30-34)9-4-8(12(20)37-9)13(35)31-16(2-3-16)15(29)36/h4-6H,2-3H2,1H3,(H2,29,36)(H,31,35). The van der Waals surface area contributed by atoms with Crippen LogP contribution in [0.15, 0.2) is 18.5 Å². The summed E-state index contributed by atoms with van der Waals surface area (Å²) in [6.45, 7) is 0. The lowest BCUT2D eigenvalue weighted by molar-refractivity contribution is -0.292. The van der Waals surface area contributed by atoms with E-state index in [9.17, 15) is 39.9 Å². The molecule has 7 nitrogen and oxygen atoms in total. The minimum Gasteiger partial charge on any atom is -0.391 e. The molecule has 0 aliphatic heterocycles. The quantitative estimate of drug-likeness (QED) is 0.303. The third kappa shape index (κ3) is 4.67. The van der Waals surface area contributed by atoms with E-state index in [1.54, 1.807) is 0 Å². The maximum atomic E-state index is 13.9. The average molecular weight is 593 g/mol. The highest BCUT2D eigenvalue weighted by Crippen LogP contribution is 2.49. The minimum absolute atomic E-state index is 0.0144. The summed E-state index contributed by atoms with van der Waals surface area (Å²) in [5.41, 5.74) is 0.113. The number of nitrogens with zero attached hydrogens (tertiary/aromatic N) is 4. The number of carbonyl (C=O) groups excluding carboxylic acids is 1. The fourth-order valence-electron chi connectivity index (χ4n) is 3.47. The van der Waals surface area contributed by atoms with Gasteiger partial charge in [0, 0.05) is 23.7 Å². The first-order chi connectivity index (χ1) is 16.9. The molecule has 0 bridgehead atoms. The van der Waals surface area contributed by atoms with E-state index in [2.05, 4.69) is 15.5 Å². The SMILES string of the molecule is Cn1nc(C(F)(F)C(F)(F)F)c(C(F)(F)F)c1-n1cc(-c2cc(C(=O)NC3(C(N)=S)CC3)c(Cl)s2)cn1. The number of hydrogen-bond donors (Lipinski definition) is 2. The number of aryl methyl sites for hydroxylation is 1. The Hall–Kier alpha value is -2.79. The molecule has 3 aromatic rings. The number of hydrogen-bond acceptors (Lipinski definition) is 5. The van der Waals surface area contributed by atoms with Crippen LogP contribution in [0.4, 0.5) is 35.1 Å². The third-order valence-electron chi connectivity index (χ3n) is 5.54. The van der Waals surface area contributed by atoms with Gasteiger partial charge in [-0.1, -0.05) is 23.8 Å². The van der Waals surface area contributed by atoms with Crippen molar-refractivity contribution in [2.45, 2.75) is 36.7 Å². The lowest BCUT2D eigenvalue weighted by atomic mass is 10.1. The monoisotopic (exact) mass is 592 g/mol. The number of aromatic nitrogens is 4.